The normalized spacial score (nSPS) is 21.1. The third-order valence-corrected chi connectivity index (χ3v) is 3.58. The summed E-state index contributed by atoms with van der Waals surface area (Å²) in [4.78, 5) is 0. The highest BCUT2D eigenvalue weighted by Gasteiger charge is 2.18. The Bertz CT molecular complexity index is 321. The summed E-state index contributed by atoms with van der Waals surface area (Å²) in [6, 6.07) is 6.85. The van der Waals surface area contributed by atoms with E-state index in [1.54, 1.807) is 7.11 Å². The maximum absolute atomic E-state index is 5.19. The van der Waals surface area contributed by atoms with Gasteiger partial charge >= 0.3 is 0 Å². The Labute approximate surface area is 98.2 Å². The smallest absolute Gasteiger partial charge is 0.119 e. The van der Waals surface area contributed by atoms with Gasteiger partial charge in [-0.15, -0.1) is 0 Å². The molecule has 1 atom stereocenters. The summed E-state index contributed by atoms with van der Waals surface area (Å²) in [5, 5.41) is 3.51. The molecule has 1 heterocycles. The van der Waals surface area contributed by atoms with E-state index in [0.29, 0.717) is 6.04 Å². The molecule has 0 aliphatic carbocycles. The Morgan fingerprint density at radius 2 is 2.36 bits per heavy atom. The SMILES string of the molecule is COc1ccc([C@@H]2CCCN2)c(I)c1. The van der Waals surface area contributed by atoms with Gasteiger partial charge < -0.3 is 10.1 Å². The zero-order chi connectivity index (χ0) is 9.97. The summed E-state index contributed by atoms with van der Waals surface area (Å²) in [6.07, 6.45) is 2.54. The van der Waals surface area contributed by atoms with E-state index in [1.807, 2.05) is 6.07 Å². The van der Waals surface area contributed by atoms with Gasteiger partial charge in [-0.2, -0.15) is 0 Å². The number of hydrogen-bond acceptors (Lipinski definition) is 2. The van der Waals surface area contributed by atoms with Crippen molar-refractivity contribution in [1.29, 1.82) is 0 Å². The van der Waals surface area contributed by atoms with Crippen LogP contribution >= 0.6 is 22.6 Å². The Hall–Kier alpha value is -0.290. The second-order valence-electron chi connectivity index (χ2n) is 3.54. The van der Waals surface area contributed by atoms with Gasteiger partial charge in [0.05, 0.1) is 7.11 Å². The molecule has 0 saturated carbocycles. The number of methoxy groups -OCH3 is 1. The van der Waals surface area contributed by atoms with Crippen LogP contribution in [0.3, 0.4) is 0 Å². The molecule has 0 aromatic heterocycles. The number of halogens is 1. The minimum atomic E-state index is 0.549. The van der Waals surface area contributed by atoms with E-state index < -0.39 is 0 Å². The van der Waals surface area contributed by atoms with Gasteiger partial charge in [-0.05, 0) is 59.7 Å². The highest BCUT2D eigenvalue weighted by molar-refractivity contribution is 14.1. The first-order valence-electron chi connectivity index (χ1n) is 4.88. The van der Waals surface area contributed by atoms with Crippen LogP contribution in [-0.2, 0) is 0 Å². The fourth-order valence-corrected chi connectivity index (χ4v) is 2.73. The molecular weight excluding hydrogens is 289 g/mol. The van der Waals surface area contributed by atoms with E-state index in [4.69, 9.17) is 4.74 Å². The van der Waals surface area contributed by atoms with E-state index in [1.165, 1.54) is 22.0 Å². The maximum Gasteiger partial charge on any atom is 0.119 e. The van der Waals surface area contributed by atoms with E-state index in [-0.39, 0.29) is 0 Å². The van der Waals surface area contributed by atoms with Gasteiger partial charge in [0.2, 0.25) is 0 Å². The molecule has 0 amide bonds. The zero-order valence-electron chi connectivity index (χ0n) is 8.22. The van der Waals surface area contributed by atoms with Gasteiger partial charge in [0, 0.05) is 9.61 Å². The third kappa shape index (κ3) is 2.03. The standard InChI is InChI=1S/C11H14INO/c1-14-8-4-5-9(10(12)7-8)11-3-2-6-13-11/h4-5,7,11,13H,2-3,6H2,1H3/t11-/m0/s1. The minimum absolute atomic E-state index is 0.549. The molecule has 3 heteroatoms. The lowest BCUT2D eigenvalue weighted by atomic mass is 10.1. The second-order valence-corrected chi connectivity index (χ2v) is 4.70. The molecule has 1 fully saturated rings. The van der Waals surface area contributed by atoms with Crippen molar-refractivity contribution in [2.75, 3.05) is 13.7 Å². The topological polar surface area (TPSA) is 21.3 Å². The molecule has 1 aromatic carbocycles. The van der Waals surface area contributed by atoms with Crippen LogP contribution in [0, 0.1) is 3.57 Å². The number of nitrogens with one attached hydrogen (secondary N) is 1. The molecule has 1 aromatic rings. The van der Waals surface area contributed by atoms with Crippen LogP contribution in [0.4, 0.5) is 0 Å². The van der Waals surface area contributed by atoms with E-state index in [0.717, 1.165) is 12.3 Å². The predicted molar refractivity (Wildman–Crippen MR) is 65.7 cm³/mol. The molecule has 1 aliphatic rings. The quantitative estimate of drug-likeness (QED) is 0.848. The predicted octanol–water partition coefficient (Wildman–Crippen LogP) is 2.72. The van der Waals surface area contributed by atoms with Crippen molar-refractivity contribution in [1.82, 2.24) is 5.32 Å². The van der Waals surface area contributed by atoms with Crippen LogP contribution in [0.1, 0.15) is 24.4 Å². The van der Waals surface area contributed by atoms with Crippen molar-refractivity contribution >= 4 is 22.6 Å². The third-order valence-electron chi connectivity index (χ3n) is 2.64. The molecule has 2 rings (SSSR count). The molecule has 0 unspecified atom stereocenters. The lowest BCUT2D eigenvalue weighted by Crippen LogP contribution is -2.13. The van der Waals surface area contributed by atoms with E-state index in [2.05, 4.69) is 40.0 Å². The van der Waals surface area contributed by atoms with E-state index in [9.17, 15) is 0 Å². The Morgan fingerprint density at radius 1 is 1.50 bits per heavy atom. The van der Waals surface area contributed by atoms with Crippen LogP contribution in [0.15, 0.2) is 18.2 Å². The molecule has 0 bridgehead atoms. The Morgan fingerprint density at radius 3 is 2.93 bits per heavy atom. The Kier molecular flexibility index (Phi) is 3.28. The summed E-state index contributed by atoms with van der Waals surface area (Å²) in [5.41, 5.74) is 1.41. The molecule has 0 radical (unpaired) electrons. The first kappa shape index (κ1) is 10.2. The first-order valence-corrected chi connectivity index (χ1v) is 5.96. The fraction of sp³-hybridized carbons (Fsp3) is 0.455. The van der Waals surface area contributed by atoms with Gasteiger partial charge in [0.1, 0.15) is 5.75 Å². The number of rotatable bonds is 2. The molecule has 1 aliphatic heterocycles. The highest BCUT2D eigenvalue weighted by Crippen LogP contribution is 2.29. The summed E-state index contributed by atoms with van der Waals surface area (Å²) in [6.45, 7) is 1.15. The van der Waals surface area contributed by atoms with Gasteiger partial charge in [0.15, 0.2) is 0 Å². The van der Waals surface area contributed by atoms with Crippen molar-refractivity contribution in [3.05, 3.63) is 27.3 Å². The average Bonchev–Trinajstić information content (AvgIpc) is 2.70. The zero-order valence-corrected chi connectivity index (χ0v) is 10.4. The van der Waals surface area contributed by atoms with Crippen molar-refractivity contribution in [3.8, 4) is 5.75 Å². The lowest BCUT2D eigenvalue weighted by molar-refractivity contribution is 0.414. The lowest BCUT2D eigenvalue weighted by Gasteiger charge is -2.13. The van der Waals surface area contributed by atoms with Crippen molar-refractivity contribution in [2.24, 2.45) is 0 Å². The van der Waals surface area contributed by atoms with Crippen LogP contribution in [0.5, 0.6) is 5.75 Å². The molecule has 1 saturated heterocycles. The number of benzene rings is 1. The van der Waals surface area contributed by atoms with Gasteiger partial charge in [-0.3, -0.25) is 0 Å². The van der Waals surface area contributed by atoms with Gasteiger partial charge in [-0.1, -0.05) is 6.07 Å². The van der Waals surface area contributed by atoms with Crippen LogP contribution < -0.4 is 10.1 Å². The van der Waals surface area contributed by atoms with Crippen LogP contribution in [-0.4, -0.2) is 13.7 Å². The van der Waals surface area contributed by atoms with E-state index >= 15 is 0 Å². The molecule has 0 spiro atoms. The monoisotopic (exact) mass is 303 g/mol. The van der Waals surface area contributed by atoms with Crippen LogP contribution in [0.2, 0.25) is 0 Å². The molecule has 2 nitrogen and oxygen atoms in total. The Balaban J connectivity index is 2.25. The van der Waals surface area contributed by atoms with Gasteiger partial charge in [0.25, 0.3) is 0 Å². The summed E-state index contributed by atoms with van der Waals surface area (Å²) in [5.74, 6) is 0.941. The first-order chi connectivity index (χ1) is 6.81. The number of hydrogen-bond donors (Lipinski definition) is 1. The largest absolute Gasteiger partial charge is 0.497 e. The highest BCUT2D eigenvalue weighted by atomic mass is 127. The van der Waals surface area contributed by atoms with Gasteiger partial charge in [-0.25, -0.2) is 0 Å². The van der Waals surface area contributed by atoms with Crippen molar-refractivity contribution < 1.29 is 4.74 Å². The fourth-order valence-electron chi connectivity index (χ4n) is 1.87. The molecule has 14 heavy (non-hydrogen) atoms. The maximum atomic E-state index is 5.19. The molecular formula is C11H14INO. The van der Waals surface area contributed by atoms with Crippen LogP contribution in [0.25, 0.3) is 0 Å². The summed E-state index contributed by atoms with van der Waals surface area (Å²) < 4.78 is 6.48. The van der Waals surface area contributed by atoms with Crippen molar-refractivity contribution in [3.63, 3.8) is 0 Å². The average molecular weight is 303 g/mol. The minimum Gasteiger partial charge on any atom is -0.497 e. The van der Waals surface area contributed by atoms with Crippen molar-refractivity contribution in [2.45, 2.75) is 18.9 Å². The summed E-state index contributed by atoms with van der Waals surface area (Å²) in [7, 11) is 1.71. The molecule has 1 N–H and O–H groups in total. The number of ether oxygens (including phenoxy) is 1. The molecule has 76 valence electrons. The second kappa shape index (κ2) is 4.49. The summed E-state index contributed by atoms with van der Waals surface area (Å²) >= 11 is 2.38.